The van der Waals surface area contributed by atoms with Crippen LogP contribution < -0.4 is 11.1 Å². The van der Waals surface area contributed by atoms with E-state index in [0.29, 0.717) is 0 Å². The smallest absolute Gasteiger partial charge is 0.151 e. The molecule has 1 atom stereocenters. The molecule has 1 rings (SSSR count). The maximum Gasteiger partial charge on any atom is 0.151 e. The van der Waals surface area contributed by atoms with Crippen LogP contribution in [0.1, 0.15) is 6.92 Å². The van der Waals surface area contributed by atoms with E-state index < -0.39 is 4.99 Å². The first-order valence-electron chi connectivity index (χ1n) is 2.76. The van der Waals surface area contributed by atoms with Gasteiger partial charge in [0, 0.05) is 5.70 Å². The SMILES string of the molecule is CC1=CC=CC(N)(S)N1. The number of dihydropyridines is 1. The van der Waals surface area contributed by atoms with Crippen LogP contribution in [0.2, 0.25) is 0 Å². The largest absolute Gasteiger partial charge is 0.360 e. The van der Waals surface area contributed by atoms with E-state index in [1.54, 1.807) is 6.08 Å². The van der Waals surface area contributed by atoms with Crippen molar-refractivity contribution >= 4 is 12.6 Å². The number of nitrogens with one attached hydrogen (secondary N) is 1. The van der Waals surface area contributed by atoms with Crippen LogP contribution in [-0.4, -0.2) is 4.99 Å². The maximum absolute atomic E-state index is 5.59. The van der Waals surface area contributed by atoms with E-state index in [2.05, 4.69) is 17.9 Å². The first-order valence-corrected chi connectivity index (χ1v) is 3.20. The summed E-state index contributed by atoms with van der Waals surface area (Å²) in [6, 6.07) is 0. The van der Waals surface area contributed by atoms with Crippen LogP contribution in [0.15, 0.2) is 23.9 Å². The number of allylic oxidation sites excluding steroid dienone is 3. The summed E-state index contributed by atoms with van der Waals surface area (Å²) in [5, 5.41) is 2.97. The molecule has 0 fully saturated rings. The molecule has 1 aliphatic heterocycles. The van der Waals surface area contributed by atoms with Gasteiger partial charge in [-0.1, -0.05) is 6.08 Å². The zero-order valence-corrected chi connectivity index (χ0v) is 6.15. The lowest BCUT2D eigenvalue weighted by atomic mass is 10.3. The molecule has 0 aliphatic carbocycles. The van der Waals surface area contributed by atoms with Crippen molar-refractivity contribution in [2.45, 2.75) is 11.9 Å². The number of thiol groups is 1. The van der Waals surface area contributed by atoms with Crippen molar-refractivity contribution in [3.05, 3.63) is 23.9 Å². The van der Waals surface area contributed by atoms with E-state index in [4.69, 9.17) is 5.73 Å². The molecule has 1 unspecified atom stereocenters. The predicted octanol–water partition coefficient (Wildman–Crippen LogP) is 0.592. The van der Waals surface area contributed by atoms with Crippen molar-refractivity contribution in [3.8, 4) is 0 Å². The van der Waals surface area contributed by atoms with Crippen molar-refractivity contribution in [1.29, 1.82) is 0 Å². The molecule has 0 aromatic heterocycles. The molecule has 2 nitrogen and oxygen atoms in total. The molecule has 3 heteroatoms. The highest BCUT2D eigenvalue weighted by Crippen LogP contribution is 2.10. The monoisotopic (exact) mass is 142 g/mol. The third-order valence-corrected chi connectivity index (χ3v) is 1.35. The molecule has 1 heterocycles. The second kappa shape index (κ2) is 2.08. The molecule has 3 N–H and O–H groups in total. The first-order chi connectivity index (χ1) is 4.10. The Labute approximate surface area is 60.2 Å². The summed E-state index contributed by atoms with van der Waals surface area (Å²) in [7, 11) is 0. The van der Waals surface area contributed by atoms with Crippen molar-refractivity contribution in [3.63, 3.8) is 0 Å². The molecule has 0 radical (unpaired) electrons. The Morgan fingerprint density at radius 3 is 2.78 bits per heavy atom. The lowest BCUT2D eigenvalue weighted by Gasteiger charge is -2.25. The Bertz CT molecular complexity index is 170. The minimum atomic E-state index is -0.654. The van der Waals surface area contributed by atoms with Crippen molar-refractivity contribution in [1.82, 2.24) is 5.32 Å². The van der Waals surface area contributed by atoms with Gasteiger partial charge in [0.15, 0.2) is 4.99 Å². The van der Waals surface area contributed by atoms with Gasteiger partial charge in [0.25, 0.3) is 0 Å². The predicted molar refractivity (Wildman–Crippen MR) is 41.9 cm³/mol. The highest BCUT2D eigenvalue weighted by Gasteiger charge is 2.15. The molecule has 9 heavy (non-hydrogen) atoms. The molecule has 0 bridgehead atoms. The molecule has 0 aromatic carbocycles. The summed E-state index contributed by atoms with van der Waals surface area (Å²) < 4.78 is 0. The van der Waals surface area contributed by atoms with Crippen LogP contribution in [-0.2, 0) is 0 Å². The summed E-state index contributed by atoms with van der Waals surface area (Å²) in [4.78, 5) is -0.654. The Kier molecular flexibility index (Phi) is 1.55. The van der Waals surface area contributed by atoms with Gasteiger partial charge < -0.3 is 5.32 Å². The molecule has 1 aliphatic rings. The van der Waals surface area contributed by atoms with Gasteiger partial charge in [-0.2, -0.15) is 0 Å². The summed E-state index contributed by atoms with van der Waals surface area (Å²) in [6.45, 7) is 1.95. The second-order valence-electron chi connectivity index (χ2n) is 2.16. The van der Waals surface area contributed by atoms with E-state index in [-0.39, 0.29) is 0 Å². The third-order valence-electron chi connectivity index (χ3n) is 1.09. The molecule has 0 spiro atoms. The molecule has 50 valence electrons. The second-order valence-corrected chi connectivity index (χ2v) is 2.90. The van der Waals surface area contributed by atoms with Gasteiger partial charge in [0.2, 0.25) is 0 Å². The van der Waals surface area contributed by atoms with E-state index in [1.165, 1.54) is 0 Å². The van der Waals surface area contributed by atoms with E-state index >= 15 is 0 Å². The fourth-order valence-electron chi connectivity index (χ4n) is 0.738. The van der Waals surface area contributed by atoms with Crippen LogP contribution in [0, 0.1) is 0 Å². The van der Waals surface area contributed by atoms with Gasteiger partial charge in [0.05, 0.1) is 0 Å². The average Bonchev–Trinajstić information content (AvgIpc) is 1.60. The Morgan fingerprint density at radius 2 is 2.44 bits per heavy atom. The van der Waals surface area contributed by atoms with Crippen LogP contribution in [0.5, 0.6) is 0 Å². The van der Waals surface area contributed by atoms with E-state index in [9.17, 15) is 0 Å². The van der Waals surface area contributed by atoms with Crippen molar-refractivity contribution in [2.24, 2.45) is 5.73 Å². The third kappa shape index (κ3) is 1.77. The van der Waals surface area contributed by atoms with E-state index in [0.717, 1.165) is 5.70 Å². The standard InChI is InChI=1S/C6H10N2S/c1-5-3-2-4-6(7,9)8-5/h2-4,8-9H,7H2,1H3. The molecule has 0 aromatic rings. The van der Waals surface area contributed by atoms with Gasteiger partial charge in [-0.05, 0) is 19.1 Å². The fraction of sp³-hybridized carbons (Fsp3) is 0.333. The molecule has 0 saturated heterocycles. The van der Waals surface area contributed by atoms with Crippen molar-refractivity contribution < 1.29 is 0 Å². The molecule has 0 amide bonds. The lowest BCUT2D eigenvalue weighted by Crippen LogP contribution is -2.46. The summed E-state index contributed by atoms with van der Waals surface area (Å²) >= 11 is 4.12. The summed E-state index contributed by atoms with van der Waals surface area (Å²) in [5.41, 5.74) is 6.63. The number of nitrogens with two attached hydrogens (primary N) is 1. The van der Waals surface area contributed by atoms with Crippen LogP contribution >= 0.6 is 12.6 Å². The van der Waals surface area contributed by atoms with Gasteiger partial charge in [-0.25, -0.2) is 0 Å². The van der Waals surface area contributed by atoms with Gasteiger partial charge in [-0.3, -0.25) is 5.73 Å². The number of hydrogen-bond donors (Lipinski definition) is 3. The topological polar surface area (TPSA) is 38.0 Å². The number of hydrogen-bond acceptors (Lipinski definition) is 3. The van der Waals surface area contributed by atoms with Gasteiger partial charge in [0.1, 0.15) is 0 Å². The van der Waals surface area contributed by atoms with Crippen LogP contribution in [0.25, 0.3) is 0 Å². The zero-order chi connectivity index (χ0) is 6.91. The van der Waals surface area contributed by atoms with Gasteiger partial charge >= 0.3 is 0 Å². The molecular weight excluding hydrogens is 132 g/mol. The molecular formula is C6H10N2S. The summed E-state index contributed by atoms with van der Waals surface area (Å²) in [6.07, 6.45) is 5.63. The fourth-order valence-corrected chi connectivity index (χ4v) is 1.00. The highest BCUT2D eigenvalue weighted by molar-refractivity contribution is 7.81. The van der Waals surface area contributed by atoms with E-state index in [1.807, 2.05) is 19.1 Å². The van der Waals surface area contributed by atoms with Gasteiger partial charge in [-0.15, -0.1) is 12.6 Å². The Morgan fingerprint density at radius 1 is 1.78 bits per heavy atom. The number of rotatable bonds is 0. The minimum absolute atomic E-state index is 0.654. The minimum Gasteiger partial charge on any atom is -0.360 e. The summed E-state index contributed by atoms with van der Waals surface area (Å²) in [5.74, 6) is 0. The Balaban J connectivity index is 2.73. The first kappa shape index (κ1) is 6.71. The zero-order valence-electron chi connectivity index (χ0n) is 5.26. The maximum atomic E-state index is 5.59. The Hall–Kier alpha value is -0.410. The average molecular weight is 142 g/mol. The van der Waals surface area contributed by atoms with Crippen molar-refractivity contribution in [2.75, 3.05) is 0 Å². The highest BCUT2D eigenvalue weighted by atomic mass is 32.1. The molecule has 0 saturated carbocycles. The quantitative estimate of drug-likeness (QED) is 0.342. The van der Waals surface area contributed by atoms with Crippen LogP contribution in [0.4, 0.5) is 0 Å². The lowest BCUT2D eigenvalue weighted by molar-refractivity contribution is 0.639. The van der Waals surface area contributed by atoms with Crippen LogP contribution in [0.3, 0.4) is 0 Å². The normalized spacial score (nSPS) is 33.4.